The number of carboxylic acids is 1. The lowest BCUT2D eigenvalue weighted by atomic mass is 10.1. The van der Waals surface area contributed by atoms with Crippen LogP contribution < -0.4 is 10.1 Å². The number of rotatable bonds is 8. The first kappa shape index (κ1) is 19.4. The molecule has 0 amide bonds. The van der Waals surface area contributed by atoms with Crippen LogP contribution >= 0.6 is 0 Å². The SMILES string of the molecule is CCc1cc(CNc2ccc(OC(C(=O)O)c3ccccc3)cc2)n2nccc2n1. The lowest BCUT2D eigenvalue weighted by molar-refractivity contribution is -0.145. The predicted molar refractivity (Wildman–Crippen MR) is 114 cm³/mol. The van der Waals surface area contributed by atoms with Gasteiger partial charge in [0.25, 0.3) is 0 Å². The Morgan fingerprint density at radius 1 is 1.13 bits per heavy atom. The first-order chi connectivity index (χ1) is 14.6. The minimum Gasteiger partial charge on any atom is -0.478 e. The van der Waals surface area contributed by atoms with Gasteiger partial charge < -0.3 is 15.2 Å². The number of aliphatic carboxylic acids is 1. The first-order valence-electron chi connectivity index (χ1n) is 9.75. The second kappa shape index (κ2) is 8.65. The highest BCUT2D eigenvalue weighted by atomic mass is 16.5. The summed E-state index contributed by atoms with van der Waals surface area (Å²) in [4.78, 5) is 16.2. The van der Waals surface area contributed by atoms with E-state index < -0.39 is 12.1 Å². The summed E-state index contributed by atoms with van der Waals surface area (Å²) in [6.07, 6.45) is 1.54. The summed E-state index contributed by atoms with van der Waals surface area (Å²) in [5, 5.41) is 17.2. The quantitative estimate of drug-likeness (QED) is 0.461. The van der Waals surface area contributed by atoms with Gasteiger partial charge in [0.2, 0.25) is 6.10 Å². The van der Waals surface area contributed by atoms with E-state index in [1.807, 2.05) is 34.8 Å². The summed E-state index contributed by atoms with van der Waals surface area (Å²) in [5.41, 5.74) is 4.35. The molecule has 2 N–H and O–H groups in total. The van der Waals surface area contributed by atoms with E-state index in [1.54, 1.807) is 42.6 Å². The number of aryl methyl sites for hydroxylation is 1. The molecule has 2 heterocycles. The minimum atomic E-state index is -1.05. The molecular weight excluding hydrogens is 380 g/mol. The van der Waals surface area contributed by atoms with Gasteiger partial charge in [-0.25, -0.2) is 14.3 Å². The Balaban J connectivity index is 1.45. The van der Waals surface area contributed by atoms with Gasteiger partial charge in [-0.1, -0.05) is 37.3 Å². The second-order valence-corrected chi connectivity index (χ2v) is 6.82. The molecule has 0 aliphatic heterocycles. The molecule has 7 nitrogen and oxygen atoms in total. The highest BCUT2D eigenvalue weighted by Crippen LogP contribution is 2.24. The maximum absolute atomic E-state index is 11.6. The number of fused-ring (bicyclic) bond motifs is 1. The average Bonchev–Trinajstić information content (AvgIpc) is 3.25. The largest absolute Gasteiger partial charge is 0.478 e. The molecule has 1 unspecified atom stereocenters. The minimum absolute atomic E-state index is 0.489. The van der Waals surface area contributed by atoms with Gasteiger partial charge in [-0.3, -0.25) is 0 Å². The van der Waals surface area contributed by atoms with Crippen molar-refractivity contribution in [3.63, 3.8) is 0 Å². The van der Waals surface area contributed by atoms with E-state index in [1.165, 1.54) is 0 Å². The topological polar surface area (TPSA) is 88.8 Å². The van der Waals surface area contributed by atoms with E-state index in [0.29, 0.717) is 17.9 Å². The van der Waals surface area contributed by atoms with Crippen LogP contribution in [0.2, 0.25) is 0 Å². The molecule has 0 aliphatic rings. The normalized spacial score (nSPS) is 11.9. The molecule has 152 valence electrons. The molecule has 7 heteroatoms. The number of nitrogens with one attached hydrogen (secondary N) is 1. The summed E-state index contributed by atoms with van der Waals surface area (Å²) in [6, 6.07) is 20.1. The van der Waals surface area contributed by atoms with Crippen LogP contribution in [-0.4, -0.2) is 25.7 Å². The fourth-order valence-electron chi connectivity index (χ4n) is 3.21. The molecular formula is C23H22N4O3. The smallest absolute Gasteiger partial charge is 0.349 e. The van der Waals surface area contributed by atoms with Crippen molar-refractivity contribution in [1.82, 2.24) is 14.6 Å². The van der Waals surface area contributed by atoms with Gasteiger partial charge in [0.15, 0.2) is 5.65 Å². The zero-order valence-corrected chi connectivity index (χ0v) is 16.5. The zero-order valence-electron chi connectivity index (χ0n) is 16.5. The number of aromatic nitrogens is 3. The molecule has 0 bridgehead atoms. The Kier molecular flexibility index (Phi) is 5.61. The molecule has 2 aromatic carbocycles. The zero-order chi connectivity index (χ0) is 20.9. The molecule has 1 atom stereocenters. The van der Waals surface area contributed by atoms with Gasteiger partial charge in [-0.05, 0) is 36.8 Å². The molecule has 0 aliphatic carbocycles. The highest BCUT2D eigenvalue weighted by Gasteiger charge is 2.21. The number of hydrogen-bond donors (Lipinski definition) is 2. The van der Waals surface area contributed by atoms with Crippen LogP contribution in [0.15, 0.2) is 72.9 Å². The molecule has 30 heavy (non-hydrogen) atoms. The predicted octanol–water partition coefficient (Wildman–Crippen LogP) is 4.11. The monoisotopic (exact) mass is 402 g/mol. The summed E-state index contributed by atoms with van der Waals surface area (Å²) in [5.74, 6) is -0.542. The van der Waals surface area contributed by atoms with E-state index >= 15 is 0 Å². The van der Waals surface area contributed by atoms with Crippen LogP contribution in [0.25, 0.3) is 5.65 Å². The Hall–Kier alpha value is -3.87. The van der Waals surface area contributed by atoms with Crippen LogP contribution in [0, 0.1) is 0 Å². The summed E-state index contributed by atoms with van der Waals surface area (Å²) in [6.45, 7) is 2.65. The van der Waals surface area contributed by atoms with Crippen LogP contribution in [-0.2, 0) is 17.8 Å². The van der Waals surface area contributed by atoms with Crippen LogP contribution in [0.5, 0.6) is 5.75 Å². The van der Waals surface area contributed by atoms with Gasteiger partial charge in [-0.15, -0.1) is 0 Å². The molecule has 2 aromatic heterocycles. The van der Waals surface area contributed by atoms with Gasteiger partial charge in [-0.2, -0.15) is 5.10 Å². The number of carboxylic acid groups (broad SMARTS) is 1. The molecule has 0 radical (unpaired) electrons. The number of hydrogen-bond acceptors (Lipinski definition) is 5. The Labute approximate surface area is 174 Å². The van der Waals surface area contributed by atoms with E-state index in [2.05, 4.69) is 22.3 Å². The average molecular weight is 402 g/mol. The van der Waals surface area contributed by atoms with Crippen molar-refractivity contribution in [1.29, 1.82) is 0 Å². The molecule has 0 spiro atoms. The van der Waals surface area contributed by atoms with Crippen molar-refractivity contribution in [3.8, 4) is 5.75 Å². The molecule has 0 saturated carbocycles. The number of benzene rings is 2. The van der Waals surface area contributed by atoms with Crippen molar-refractivity contribution in [2.24, 2.45) is 0 Å². The van der Waals surface area contributed by atoms with Crippen molar-refractivity contribution >= 4 is 17.3 Å². The second-order valence-electron chi connectivity index (χ2n) is 6.82. The number of ether oxygens (including phenoxy) is 1. The van der Waals surface area contributed by atoms with Crippen LogP contribution in [0.3, 0.4) is 0 Å². The standard InChI is InChI=1S/C23H22N4O3/c1-2-17-14-19(27-21(26-17)12-13-25-27)15-24-18-8-10-20(11-9-18)30-22(23(28)29)16-6-4-3-5-7-16/h3-14,22,24H,2,15H2,1H3,(H,28,29). The fourth-order valence-corrected chi connectivity index (χ4v) is 3.21. The molecule has 0 fully saturated rings. The van der Waals surface area contributed by atoms with Gasteiger partial charge in [0, 0.05) is 23.0 Å². The number of carbonyl (C=O) groups is 1. The Morgan fingerprint density at radius 3 is 2.60 bits per heavy atom. The molecule has 0 saturated heterocycles. The lowest BCUT2D eigenvalue weighted by Gasteiger charge is -2.16. The summed E-state index contributed by atoms with van der Waals surface area (Å²) >= 11 is 0. The van der Waals surface area contributed by atoms with E-state index in [9.17, 15) is 9.90 Å². The number of nitrogens with zero attached hydrogens (tertiary/aromatic N) is 3. The lowest BCUT2D eigenvalue weighted by Crippen LogP contribution is -2.18. The van der Waals surface area contributed by atoms with E-state index in [-0.39, 0.29) is 0 Å². The Bertz CT molecular complexity index is 1140. The van der Waals surface area contributed by atoms with E-state index in [0.717, 1.165) is 29.1 Å². The van der Waals surface area contributed by atoms with Crippen molar-refractivity contribution in [3.05, 3.63) is 89.9 Å². The van der Waals surface area contributed by atoms with Crippen molar-refractivity contribution < 1.29 is 14.6 Å². The summed E-state index contributed by atoms with van der Waals surface area (Å²) < 4.78 is 7.53. The first-order valence-corrected chi connectivity index (χ1v) is 9.75. The van der Waals surface area contributed by atoms with Crippen molar-refractivity contribution in [2.75, 3.05) is 5.32 Å². The molecule has 4 rings (SSSR count). The fraction of sp³-hybridized carbons (Fsp3) is 0.174. The van der Waals surface area contributed by atoms with Gasteiger partial charge >= 0.3 is 5.97 Å². The van der Waals surface area contributed by atoms with Gasteiger partial charge in [0.1, 0.15) is 5.75 Å². The van der Waals surface area contributed by atoms with Crippen LogP contribution in [0.1, 0.15) is 30.0 Å². The van der Waals surface area contributed by atoms with Crippen molar-refractivity contribution in [2.45, 2.75) is 26.0 Å². The van der Waals surface area contributed by atoms with Crippen LogP contribution in [0.4, 0.5) is 5.69 Å². The third-order valence-corrected chi connectivity index (χ3v) is 4.76. The molecule has 4 aromatic rings. The summed E-state index contributed by atoms with van der Waals surface area (Å²) in [7, 11) is 0. The maximum atomic E-state index is 11.6. The Morgan fingerprint density at radius 2 is 1.90 bits per heavy atom. The van der Waals surface area contributed by atoms with Gasteiger partial charge in [0.05, 0.1) is 18.4 Å². The third-order valence-electron chi connectivity index (χ3n) is 4.76. The highest BCUT2D eigenvalue weighted by molar-refractivity contribution is 5.74. The third kappa shape index (κ3) is 4.25. The maximum Gasteiger partial charge on any atom is 0.349 e. The number of anilines is 1. The van der Waals surface area contributed by atoms with E-state index in [4.69, 9.17) is 4.74 Å².